The third-order valence-corrected chi connectivity index (χ3v) is 3.38. The van der Waals surface area contributed by atoms with E-state index < -0.39 is 0 Å². The first kappa shape index (κ1) is 9.51. The van der Waals surface area contributed by atoms with E-state index in [0.717, 1.165) is 17.8 Å². The van der Waals surface area contributed by atoms with E-state index in [9.17, 15) is 0 Å². The van der Waals surface area contributed by atoms with Crippen molar-refractivity contribution in [1.82, 2.24) is 0 Å². The average Bonchev–Trinajstić information content (AvgIpc) is 2.30. The molecule has 0 heteroatoms. The Kier molecular flexibility index (Phi) is 3.03. The van der Waals surface area contributed by atoms with Crippen LogP contribution in [-0.4, -0.2) is 0 Å². The Hall–Kier alpha value is -1.04. The summed E-state index contributed by atoms with van der Waals surface area (Å²) in [6.07, 6.45) is 20.4. The van der Waals surface area contributed by atoms with Gasteiger partial charge >= 0.3 is 0 Å². The highest BCUT2D eigenvalue weighted by Gasteiger charge is 2.21. The number of hydrogen-bond acceptors (Lipinski definition) is 0. The fourth-order valence-corrected chi connectivity index (χ4v) is 2.30. The fourth-order valence-electron chi connectivity index (χ4n) is 2.30. The van der Waals surface area contributed by atoms with E-state index >= 15 is 0 Å². The third kappa shape index (κ3) is 2.06. The smallest absolute Gasteiger partial charge is 0.0164 e. The van der Waals surface area contributed by atoms with E-state index in [1.165, 1.54) is 12.8 Å². The zero-order chi connectivity index (χ0) is 9.80. The van der Waals surface area contributed by atoms with Gasteiger partial charge in [0.15, 0.2) is 0 Å². The van der Waals surface area contributed by atoms with Gasteiger partial charge in [0.1, 0.15) is 0 Å². The highest BCUT2D eigenvalue weighted by molar-refractivity contribution is 5.16. The lowest BCUT2D eigenvalue weighted by Crippen LogP contribution is -2.19. The molecule has 0 aromatic rings. The van der Waals surface area contributed by atoms with Gasteiger partial charge in [-0.2, -0.15) is 0 Å². The van der Waals surface area contributed by atoms with Crippen molar-refractivity contribution in [2.24, 2.45) is 17.8 Å². The fraction of sp³-hybridized carbons (Fsp3) is 0.429. The maximum Gasteiger partial charge on any atom is -0.0164 e. The van der Waals surface area contributed by atoms with Gasteiger partial charge in [0.2, 0.25) is 0 Å². The van der Waals surface area contributed by atoms with E-state index in [-0.39, 0.29) is 0 Å². The van der Waals surface area contributed by atoms with Crippen molar-refractivity contribution in [1.29, 1.82) is 0 Å². The molecular formula is C14H18. The molecule has 2 atom stereocenters. The largest absolute Gasteiger partial charge is 0.0840 e. The molecule has 0 aliphatic heterocycles. The molecule has 2 aliphatic rings. The summed E-state index contributed by atoms with van der Waals surface area (Å²) >= 11 is 0. The number of allylic oxidation sites excluding steroid dienone is 8. The summed E-state index contributed by atoms with van der Waals surface area (Å²) in [4.78, 5) is 0. The second-order valence-corrected chi connectivity index (χ2v) is 4.28. The maximum absolute atomic E-state index is 2.38. The third-order valence-electron chi connectivity index (χ3n) is 3.38. The summed E-state index contributed by atoms with van der Waals surface area (Å²) in [5, 5.41) is 0. The standard InChI is InChI=1S/C14H18/c1-12(13-8-4-2-5-9-13)14-10-6-3-7-11-14/h2-8,10,12-14H,9,11H2,1H3. The maximum atomic E-state index is 2.38. The molecule has 14 heavy (non-hydrogen) atoms. The molecule has 2 rings (SSSR count). The molecule has 0 fully saturated rings. The molecule has 0 heterocycles. The van der Waals surface area contributed by atoms with Crippen LogP contribution in [0.15, 0.2) is 48.6 Å². The van der Waals surface area contributed by atoms with Crippen LogP contribution in [0.2, 0.25) is 0 Å². The van der Waals surface area contributed by atoms with Crippen molar-refractivity contribution < 1.29 is 0 Å². The molecule has 0 radical (unpaired) electrons. The summed E-state index contributed by atoms with van der Waals surface area (Å²) < 4.78 is 0. The summed E-state index contributed by atoms with van der Waals surface area (Å²) in [5.41, 5.74) is 0. The van der Waals surface area contributed by atoms with Gasteiger partial charge in [-0.15, -0.1) is 0 Å². The highest BCUT2D eigenvalue weighted by Crippen LogP contribution is 2.31. The molecule has 74 valence electrons. The molecule has 0 aromatic heterocycles. The van der Waals surface area contributed by atoms with Crippen molar-refractivity contribution in [3.8, 4) is 0 Å². The Morgan fingerprint density at radius 1 is 0.857 bits per heavy atom. The Labute approximate surface area is 86.7 Å². The van der Waals surface area contributed by atoms with Gasteiger partial charge in [-0.05, 0) is 30.6 Å². The molecule has 0 saturated heterocycles. The van der Waals surface area contributed by atoms with Crippen LogP contribution in [0.4, 0.5) is 0 Å². The lowest BCUT2D eigenvalue weighted by molar-refractivity contribution is 0.333. The molecule has 0 bridgehead atoms. The second kappa shape index (κ2) is 4.45. The molecule has 2 unspecified atom stereocenters. The van der Waals surface area contributed by atoms with E-state index in [1.54, 1.807) is 0 Å². The second-order valence-electron chi connectivity index (χ2n) is 4.28. The van der Waals surface area contributed by atoms with E-state index in [1.807, 2.05) is 0 Å². The van der Waals surface area contributed by atoms with Gasteiger partial charge in [0, 0.05) is 0 Å². The molecule has 0 amide bonds. The van der Waals surface area contributed by atoms with Gasteiger partial charge in [0.05, 0.1) is 0 Å². The van der Waals surface area contributed by atoms with Crippen LogP contribution in [0.25, 0.3) is 0 Å². The minimum atomic E-state index is 0.737. The summed E-state index contributed by atoms with van der Waals surface area (Å²) in [6.45, 7) is 2.38. The van der Waals surface area contributed by atoms with Gasteiger partial charge in [0.25, 0.3) is 0 Å². The minimum Gasteiger partial charge on any atom is -0.0840 e. The number of rotatable bonds is 2. The molecule has 0 saturated carbocycles. The quantitative estimate of drug-likeness (QED) is 0.613. The van der Waals surface area contributed by atoms with Crippen molar-refractivity contribution in [3.05, 3.63) is 48.6 Å². The van der Waals surface area contributed by atoms with Crippen LogP contribution in [-0.2, 0) is 0 Å². The van der Waals surface area contributed by atoms with Crippen molar-refractivity contribution in [3.63, 3.8) is 0 Å². The Bertz CT molecular complexity index is 261. The predicted molar refractivity (Wildman–Crippen MR) is 61.9 cm³/mol. The van der Waals surface area contributed by atoms with Crippen LogP contribution in [0.1, 0.15) is 19.8 Å². The summed E-state index contributed by atoms with van der Waals surface area (Å²) in [5.74, 6) is 2.24. The Balaban J connectivity index is 1.97. The molecule has 0 N–H and O–H groups in total. The van der Waals surface area contributed by atoms with Crippen LogP contribution in [0.3, 0.4) is 0 Å². The first-order chi connectivity index (χ1) is 6.88. The zero-order valence-electron chi connectivity index (χ0n) is 8.77. The van der Waals surface area contributed by atoms with E-state index in [2.05, 4.69) is 55.5 Å². The first-order valence-corrected chi connectivity index (χ1v) is 5.54. The van der Waals surface area contributed by atoms with Gasteiger partial charge < -0.3 is 0 Å². The first-order valence-electron chi connectivity index (χ1n) is 5.54. The summed E-state index contributed by atoms with van der Waals surface area (Å²) in [6, 6.07) is 0. The van der Waals surface area contributed by atoms with Crippen LogP contribution >= 0.6 is 0 Å². The zero-order valence-corrected chi connectivity index (χ0v) is 8.77. The van der Waals surface area contributed by atoms with Gasteiger partial charge in [-0.1, -0.05) is 55.5 Å². The Morgan fingerprint density at radius 3 is 1.71 bits per heavy atom. The van der Waals surface area contributed by atoms with Gasteiger partial charge in [-0.25, -0.2) is 0 Å². The highest BCUT2D eigenvalue weighted by atomic mass is 14.3. The molecule has 2 aliphatic carbocycles. The normalized spacial score (nSPS) is 32.1. The minimum absolute atomic E-state index is 0.737. The molecular weight excluding hydrogens is 168 g/mol. The SMILES string of the molecule is CC(C1C=CC=CC1)C1C=CC=CC1. The summed E-state index contributed by atoms with van der Waals surface area (Å²) in [7, 11) is 0. The molecule has 0 nitrogen and oxygen atoms in total. The van der Waals surface area contributed by atoms with Crippen molar-refractivity contribution in [2.75, 3.05) is 0 Å². The van der Waals surface area contributed by atoms with Crippen molar-refractivity contribution >= 4 is 0 Å². The monoisotopic (exact) mass is 186 g/mol. The molecule has 0 aromatic carbocycles. The van der Waals surface area contributed by atoms with Gasteiger partial charge in [-0.3, -0.25) is 0 Å². The van der Waals surface area contributed by atoms with Crippen molar-refractivity contribution in [2.45, 2.75) is 19.8 Å². The molecule has 0 spiro atoms. The predicted octanol–water partition coefficient (Wildman–Crippen LogP) is 3.89. The number of hydrogen-bond donors (Lipinski definition) is 0. The van der Waals surface area contributed by atoms with Crippen LogP contribution < -0.4 is 0 Å². The van der Waals surface area contributed by atoms with E-state index in [4.69, 9.17) is 0 Å². The lowest BCUT2D eigenvalue weighted by Gasteiger charge is -2.28. The van der Waals surface area contributed by atoms with Crippen LogP contribution in [0.5, 0.6) is 0 Å². The Morgan fingerprint density at radius 2 is 1.36 bits per heavy atom. The van der Waals surface area contributed by atoms with Crippen LogP contribution in [0, 0.1) is 17.8 Å². The average molecular weight is 186 g/mol. The van der Waals surface area contributed by atoms with E-state index in [0.29, 0.717) is 0 Å². The lowest BCUT2D eigenvalue weighted by atomic mass is 9.77. The topological polar surface area (TPSA) is 0 Å².